The van der Waals surface area contributed by atoms with Gasteiger partial charge in [-0.3, -0.25) is 43.7 Å². The van der Waals surface area contributed by atoms with Gasteiger partial charge in [-0.05, 0) is 70.5 Å². The first-order valence-corrected chi connectivity index (χ1v) is 16.2. The first-order chi connectivity index (χ1) is 24.4. The molecule has 0 fully saturated rings. The molecule has 0 atom stereocenters. The average molecular weight is 838 g/mol. The minimum atomic E-state index is -0.658. The van der Waals surface area contributed by atoms with Crippen molar-refractivity contribution < 1.29 is 19.2 Å². The molecule has 0 saturated carbocycles. The summed E-state index contributed by atoms with van der Waals surface area (Å²) < 4.78 is 6.72. The van der Waals surface area contributed by atoms with E-state index in [2.05, 4.69) is 35.8 Å². The van der Waals surface area contributed by atoms with Gasteiger partial charge in [0.25, 0.3) is 11.8 Å². The van der Waals surface area contributed by atoms with Gasteiger partial charge in [0.2, 0.25) is 23.7 Å². The molecule has 6 aromatic rings. The lowest BCUT2D eigenvalue weighted by Gasteiger charge is -2.11. The summed E-state index contributed by atoms with van der Waals surface area (Å²) in [6, 6.07) is 8.17. The van der Waals surface area contributed by atoms with E-state index in [1.165, 1.54) is 12.3 Å². The highest BCUT2D eigenvalue weighted by molar-refractivity contribution is 6.04. The predicted molar refractivity (Wildman–Crippen MR) is 218 cm³/mol. The van der Waals surface area contributed by atoms with Crippen LogP contribution in [0, 0.1) is 20.8 Å². The van der Waals surface area contributed by atoms with Crippen molar-refractivity contribution in [1.82, 2.24) is 43.6 Å². The van der Waals surface area contributed by atoms with E-state index in [1.54, 1.807) is 45.1 Å². The van der Waals surface area contributed by atoms with Crippen molar-refractivity contribution in [2.24, 2.45) is 11.5 Å². The third kappa shape index (κ3) is 9.25. The first kappa shape index (κ1) is 45.7. The van der Waals surface area contributed by atoms with Crippen LogP contribution in [0.25, 0.3) is 22.2 Å². The minimum absolute atomic E-state index is 0. The van der Waals surface area contributed by atoms with E-state index in [9.17, 15) is 19.2 Å². The van der Waals surface area contributed by atoms with E-state index in [0.717, 1.165) is 5.56 Å². The monoisotopic (exact) mass is 835 g/mol. The Balaban J connectivity index is 0.00000261. The van der Waals surface area contributed by atoms with E-state index in [-0.39, 0.29) is 80.2 Å². The van der Waals surface area contributed by atoms with Crippen molar-refractivity contribution in [2.45, 2.75) is 60.8 Å². The number of hydrogen-bond acceptors (Lipinski definition) is 9. The number of anilines is 2. The van der Waals surface area contributed by atoms with Gasteiger partial charge in [0.15, 0.2) is 5.65 Å². The summed E-state index contributed by atoms with van der Waals surface area (Å²) in [5.74, 6) is -1.59. The van der Waals surface area contributed by atoms with Crippen LogP contribution in [-0.4, -0.2) is 67.3 Å². The Labute approximate surface area is 340 Å². The Morgan fingerprint density at radius 3 is 1.65 bits per heavy atom. The number of amides is 4. The molecule has 294 valence electrons. The number of nitrogens with two attached hydrogens (primary N) is 2. The van der Waals surface area contributed by atoms with Crippen molar-refractivity contribution in [3.05, 3.63) is 88.1 Å². The molecule has 1 aromatic carbocycles. The highest BCUT2D eigenvalue weighted by Crippen LogP contribution is 2.26. The maximum atomic E-state index is 13.4. The fraction of sp³-hybridized carbons (Fsp3) is 0.265. The highest BCUT2D eigenvalue weighted by atomic mass is 35.5. The van der Waals surface area contributed by atoms with E-state index in [0.29, 0.717) is 63.6 Å². The molecule has 5 heterocycles. The molecule has 6 rings (SSSR count). The topological polar surface area (TPSA) is 229 Å². The number of imidazole rings is 2. The molecule has 0 unspecified atom stereocenters. The van der Waals surface area contributed by atoms with Gasteiger partial charge in [0.1, 0.15) is 16.9 Å². The molecule has 6 N–H and O–H groups in total. The second kappa shape index (κ2) is 18.7. The molecule has 17 nitrogen and oxygen atoms in total. The zero-order chi connectivity index (χ0) is 36.6. The number of carbonyl (C=O) groups is 4. The van der Waals surface area contributed by atoms with E-state index in [1.807, 2.05) is 44.4 Å². The molecule has 5 aromatic heterocycles. The second-order valence-electron chi connectivity index (χ2n) is 11.9. The summed E-state index contributed by atoms with van der Waals surface area (Å²) in [6.07, 6.45) is 5.07. The Hall–Kier alpha value is -5.49. The van der Waals surface area contributed by atoms with Crippen molar-refractivity contribution in [2.75, 3.05) is 10.6 Å². The molecule has 0 aliphatic carbocycles. The normalized spacial score (nSPS) is 10.7. The number of nitrogens with one attached hydrogen (secondary N) is 2. The number of nitrogens with zero attached hydrogens (tertiary/aromatic N) is 9. The smallest absolute Gasteiger partial charge is 0.276 e. The van der Waals surface area contributed by atoms with Gasteiger partial charge in [-0.25, -0.2) is 15.0 Å². The van der Waals surface area contributed by atoms with Crippen molar-refractivity contribution in [1.29, 1.82) is 0 Å². The van der Waals surface area contributed by atoms with Crippen molar-refractivity contribution >= 4 is 107 Å². The minimum Gasteiger partial charge on any atom is -0.366 e. The van der Waals surface area contributed by atoms with Crippen LogP contribution in [-0.2, 0) is 26.2 Å². The fourth-order valence-electron chi connectivity index (χ4n) is 5.94. The van der Waals surface area contributed by atoms with Crippen LogP contribution < -0.4 is 22.1 Å². The predicted octanol–water partition coefficient (Wildman–Crippen LogP) is 4.79. The lowest BCUT2D eigenvalue weighted by atomic mass is 10.1. The van der Waals surface area contributed by atoms with Crippen LogP contribution in [0.15, 0.2) is 48.7 Å². The second-order valence-corrected chi connectivity index (χ2v) is 11.9. The zero-order valence-corrected chi connectivity index (χ0v) is 33.7. The van der Waals surface area contributed by atoms with Crippen LogP contribution in [0.5, 0.6) is 0 Å². The van der Waals surface area contributed by atoms with E-state index < -0.39 is 23.6 Å². The van der Waals surface area contributed by atoms with Gasteiger partial charge in [-0.1, -0.05) is 12.2 Å². The van der Waals surface area contributed by atoms with Gasteiger partial charge < -0.3 is 16.0 Å². The molecule has 21 heteroatoms. The largest absolute Gasteiger partial charge is 0.366 e. The number of rotatable bonds is 12. The fourth-order valence-corrected chi connectivity index (χ4v) is 5.94. The lowest BCUT2D eigenvalue weighted by molar-refractivity contribution is 0.0991. The third-order valence-electron chi connectivity index (χ3n) is 8.25. The number of primary amides is 2. The van der Waals surface area contributed by atoms with Gasteiger partial charge in [0.05, 0.1) is 28.0 Å². The number of fused-ring (bicyclic) bond motifs is 2. The molecule has 0 saturated heterocycles. The van der Waals surface area contributed by atoms with E-state index >= 15 is 0 Å². The van der Waals surface area contributed by atoms with Gasteiger partial charge in [-0.15, -0.1) is 49.6 Å². The van der Waals surface area contributed by atoms with Gasteiger partial charge in [-0.2, -0.15) is 10.2 Å². The van der Waals surface area contributed by atoms with Crippen LogP contribution >= 0.6 is 49.6 Å². The van der Waals surface area contributed by atoms with Gasteiger partial charge >= 0.3 is 0 Å². The summed E-state index contributed by atoms with van der Waals surface area (Å²) >= 11 is 0. The van der Waals surface area contributed by atoms with Crippen LogP contribution in [0.4, 0.5) is 11.9 Å². The number of pyridine rings is 1. The van der Waals surface area contributed by atoms with Gasteiger partial charge in [0, 0.05) is 37.9 Å². The Kier molecular flexibility index (Phi) is 15.5. The first-order valence-electron chi connectivity index (χ1n) is 16.2. The molecule has 0 spiro atoms. The molecule has 0 aliphatic heterocycles. The molecular weight excluding hydrogens is 796 g/mol. The quantitative estimate of drug-likeness (QED) is 0.124. The third-order valence-corrected chi connectivity index (χ3v) is 8.25. The summed E-state index contributed by atoms with van der Waals surface area (Å²) in [4.78, 5) is 64.4. The number of hydrogen-bond donors (Lipinski definition) is 4. The Morgan fingerprint density at radius 1 is 0.673 bits per heavy atom. The van der Waals surface area contributed by atoms with Crippen molar-refractivity contribution in [3.63, 3.8) is 0 Å². The SMILES string of the molecule is CCn1nc(C)cc1C(=O)Nc1nc2cc(C(N)=O)cnc2n1C/C=C/Cn1c(NC(=O)c2cc(C)nn2CC)nc2cc(C(N)=O)cc(C)c21.Cl.Cl.Cl.Cl. The molecule has 4 amide bonds. The molecule has 0 aliphatic rings. The molecule has 55 heavy (non-hydrogen) atoms. The average Bonchev–Trinajstić information content (AvgIpc) is 3.85. The highest BCUT2D eigenvalue weighted by Gasteiger charge is 2.21. The summed E-state index contributed by atoms with van der Waals surface area (Å²) in [6.45, 7) is 10.7. The Bertz CT molecular complexity index is 2410. The number of benzene rings is 1. The summed E-state index contributed by atoms with van der Waals surface area (Å²) in [5.41, 5.74) is 16.4. The van der Waals surface area contributed by atoms with Crippen LogP contribution in [0.3, 0.4) is 0 Å². The number of aryl methyl sites for hydroxylation is 5. The van der Waals surface area contributed by atoms with E-state index in [4.69, 9.17) is 11.5 Å². The molecule has 0 radical (unpaired) electrons. The summed E-state index contributed by atoms with van der Waals surface area (Å²) in [7, 11) is 0. The number of allylic oxidation sites excluding steroid dienone is 2. The maximum absolute atomic E-state index is 13.4. The van der Waals surface area contributed by atoms with Crippen LogP contribution in [0.1, 0.15) is 72.5 Å². The number of aromatic nitrogens is 9. The summed E-state index contributed by atoms with van der Waals surface area (Å²) in [5, 5.41) is 14.5. The number of carbonyl (C=O) groups excluding carboxylic acids is 4. The Morgan fingerprint density at radius 2 is 1.15 bits per heavy atom. The molecular formula is C34H41Cl4N13O4. The standard InChI is InChI=1S/C34H37N13O4.4ClH/c1-6-46-25(13-19(4)42-46)31(50)40-33-38-23-15-21(28(35)48)12-18(3)27(23)44(33)10-8-9-11-45-30-24(16-22(17-37-30)29(36)49)39-34(45)41-32(51)26-14-20(5)43-47(26)7-2;;;;/h8-9,12-17H,6-7,10-11H2,1-5H3,(H2,35,48)(H2,36,49)(H,38,40,50)(H,39,41,51);4*1H/b9-8+;;;;. The van der Waals surface area contributed by atoms with Crippen molar-refractivity contribution in [3.8, 4) is 0 Å². The zero-order valence-electron chi connectivity index (χ0n) is 30.4. The van der Waals surface area contributed by atoms with Crippen LogP contribution in [0.2, 0.25) is 0 Å². The molecule has 0 bridgehead atoms. The maximum Gasteiger partial charge on any atom is 0.276 e. The lowest BCUT2D eigenvalue weighted by Crippen LogP contribution is -2.20. The number of halogens is 4.